The molecule has 3 rings (SSSR count). The summed E-state index contributed by atoms with van der Waals surface area (Å²) in [6.45, 7) is 8.70. The summed E-state index contributed by atoms with van der Waals surface area (Å²) in [6.07, 6.45) is 0. The number of aromatic nitrogens is 2. The largest absolute Gasteiger partial charge is 0.490 e. The molecule has 1 N–H and O–H groups in total. The molecule has 0 saturated heterocycles. The van der Waals surface area contributed by atoms with Crippen LogP contribution in [0.4, 0.5) is 5.69 Å². The van der Waals surface area contributed by atoms with E-state index in [1.807, 2.05) is 45.0 Å². The molecule has 0 aliphatic carbocycles. The number of likely N-dealkylation sites (N-methyl/N-ethyl adjacent to an activating group) is 1. The predicted octanol–water partition coefficient (Wildman–Crippen LogP) is 4.71. The van der Waals surface area contributed by atoms with Crippen molar-refractivity contribution < 1.29 is 19.1 Å². The van der Waals surface area contributed by atoms with Crippen LogP contribution in [0.3, 0.4) is 0 Å². The summed E-state index contributed by atoms with van der Waals surface area (Å²) in [5, 5.41) is 7.99. The monoisotopic (exact) mass is 498 g/mol. The van der Waals surface area contributed by atoms with E-state index in [9.17, 15) is 9.59 Å². The van der Waals surface area contributed by atoms with Gasteiger partial charge in [0.1, 0.15) is 0 Å². The van der Waals surface area contributed by atoms with Crippen molar-refractivity contribution in [3.8, 4) is 11.5 Å². The zero-order chi connectivity index (χ0) is 25.5. The SMILES string of the molecule is CCOc1ccc(NC(=O)CN(C)C(=O)c2c(C)nn(Cc3ccccc3Cl)c2C)cc1OCC. The van der Waals surface area contributed by atoms with Gasteiger partial charge in [-0.25, -0.2) is 0 Å². The Morgan fingerprint density at radius 3 is 2.43 bits per heavy atom. The maximum absolute atomic E-state index is 13.2. The van der Waals surface area contributed by atoms with E-state index in [1.54, 1.807) is 36.9 Å². The van der Waals surface area contributed by atoms with Gasteiger partial charge in [-0.3, -0.25) is 14.3 Å². The van der Waals surface area contributed by atoms with Crippen LogP contribution in [0.25, 0.3) is 0 Å². The molecule has 1 heterocycles. The molecule has 0 saturated carbocycles. The minimum absolute atomic E-state index is 0.120. The maximum Gasteiger partial charge on any atom is 0.257 e. The number of ether oxygens (including phenoxy) is 2. The quantitative estimate of drug-likeness (QED) is 0.437. The van der Waals surface area contributed by atoms with Gasteiger partial charge in [0.25, 0.3) is 5.91 Å². The van der Waals surface area contributed by atoms with Crippen LogP contribution in [0.2, 0.25) is 5.02 Å². The maximum atomic E-state index is 13.2. The number of aryl methyl sites for hydroxylation is 1. The number of anilines is 1. The number of hydrogen-bond donors (Lipinski definition) is 1. The first-order valence-electron chi connectivity index (χ1n) is 11.5. The molecule has 0 fully saturated rings. The van der Waals surface area contributed by atoms with Crippen LogP contribution in [0.5, 0.6) is 11.5 Å². The number of rotatable bonds is 10. The number of nitrogens with one attached hydrogen (secondary N) is 1. The number of amides is 2. The third-order valence-electron chi connectivity index (χ3n) is 5.43. The van der Waals surface area contributed by atoms with Gasteiger partial charge in [0.05, 0.1) is 37.6 Å². The average molecular weight is 499 g/mol. The van der Waals surface area contributed by atoms with Crippen LogP contribution in [0, 0.1) is 13.8 Å². The summed E-state index contributed by atoms with van der Waals surface area (Å²) < 4.78 is 12.9. The smallest absolute Gasteiger partial charge is 0.257 e. The number of carbonyl (C=O) groups excluding carboxylic acids is 2. The van der Waals surface area contributed by atoms with E-state index in [0.717, 1.165) is 5.56 Å². The van der Waals surface area contributed by atoms with Crippen molar-refractivity contribution in [2.45, 2.75) is 34.2 Å². The highest BCUT2D eigenvalue weighted by atomic mass is 35.5. The second-order valence-corrected chi connectivity index (χ2v) is 8.44. The number of carbonyl (C=O) groups is 2. The minimum Gasteiger partial charge on any atom is -0.490 e. The zero-order valence-electron chi connectivity index (χ0n) is 20.7. The first-order chi connectivity index (χ1) is 16.7. The Balaban J connectivity index is 1.69. The highest BCUT2D eigenvalue weighted by molar-refractivity contribution is 6.31. The first-order valence-corrected chi connectivity index (χ1v) is 11.8. The molecule has 186 valence electrons. The second-order valence-electron chi connectivity index (χ2n) is 8.03. The fourth-order valence-electron chi connectivity index (χ4n) is 3.76. The van der Waals surface area contributed by atoms with Gasteiger partial charge in [0.2, 0.25) is 5.91 Å². The van der Waals surface area contributed by atoms with Gasteiger partial charge in [0, 0.05) is 29.5 Å². The normalized spacial score (nSPS) is 10.7. The highest BCUT2D eigenvalue weighted by Gasteiger charge is 2.23. The van der Waals surface area contributed by atoms with Crippen LogP contribution in [-0.4, -0.2) is 53.3 Å². The lowest BCUT2D eigenvalue weighted by atomic mass is 10.1. The molecule has 2 aromatic carbocycles. The van der Waals surface area contributed by atoms with Crippen LogP contribution in [0.1, 0.15) is 41.2 Å². The van der Waals surface area contributed by atoms with Crippen molar-refractivity contribution in [2.75, 3.05) is 32.1 Å². The molecule has 0 aliphatic heterocycles. The van der Waals surface area contributed by atoms with Gasteiger partial charge in [0.15, 0.2) is 11.5 Å². The standard InChI is InChI=1S/C26H31ClN4O4/c1-6-34-22-13-12-20(14-23(22)35-7-2)28-24(32)16-30(5)26(33)25-17(3)29-31(18(25)4)15-19-10-8-9-11-21(19)27/h8-14H,6-7,15-16H2,1-5H3,(H,28,32). The van der Waals surface area contributed by atoms with Gasteiger partial charge in [-0.2, -0.15) is 5.10 Å². The molecular formula is C26H31ClN4O4. The fraction of sp³-hybridized carbons (Fsp3) is 0.346. The molecule has 35 heavy (non-hydrogen) atoms. The lowest BCUT2D eigenvalue weighted by Crippen LogP contribution is -2.35. The van der Waals surface area contributed by atoms with E-state index in [1.165, 1.54) is 4.90 Å². The minimum atomic E-state index is -0.328. The molecule has 0 bridgehead atoms. The van der Waals surface area contributed by atoms with E-state index in [2.05, 4.69) is 10.4 Å². The van der Waals surface area contributed by atoms with Gasteiger partial charge in [-0.05, 0) is 51.5 Å². The third-order valence-corrected chi connectivity index (χ3v) is 5.80. The van der Waals surface area contributed by atoms with Crippen LogP contribution in [0.15, 0.2) is 42.5 Å². The van der Waals surface area contributed by atoms with Gasteiger partial charge in [-0.15, -0.1) is 0 Å². The van der Waals surface area contributed by atoms with Crippen LogP contribution in [-0.2, 0) is 11.3 Å². The molecule has 0 aliphatic rings. The van der Waals surface area contributed by atoms with E-state index in [4.69, 9.17) is 21.1 Å². The lowest BCUT2D eigenvalue weighted by molar-refractivity contribution is -0.116. The van der Waals surface area contributed by atoms with Crippen molar-refractivity contribution in [2.24, 2.45) is 0 Å². The number of halogens is 1. The summed E-state index contributed by atoms with van der Waals surface area (Å²) >= 11 is 6.29. The molecule has 3 aromatic rings. The van der Waals surface area contributed by atoms with E-state index < -0.39 is 0 Å². The Kier molecular flexibility index (Phi) is 8.76. The Morgan fingerprint density at radius 2 is 1.74 bits per heavy atom. The molecule has 0 unspecified atom stereocenters. The summed E-state index contributed by atoms with van der Waals surface area (Å²) in [6, 6.07) is 12.7. The zero-order valence-corrected chi connectivity index (χ0v) is 21.5. The third kappa shape index (κ3) is 6.33. The van der Waals surface area contributed by atoms with E-state index >= 15 is 0 Å². The van der Waals surface area contributed by atoms with Gasteiger partial charge in [-0.1, -0.05) is 29.8 Å². The van der Waals surface area contributed by atoms with Gasteiger partial charge < -0.3 is 19.7 Å². The number of benzene rings is 2. The molecule has 2 amide bonds. The molecule has 0 radical (unpaired) electrons. The fourth-order valence-corrected chi connectivity index (χ4v) is 3.95. The summed E-state index contributed by atoms with van der Waals surface area (Å²) in [5.41, 5.74) is 3.26. The molecule has 0 spiro atoms. The number of hydrogen-bond acceptors (Lipinski definition) is 5. The molecule has 8 nitrogen and oxygen atoms in total. The Bertz CT molecular complexity index is 1210. The average Bonchev–Trinajstić information content (AvgIpc) is 3.09. The van der Waals surface area contributed by atoms with Crippen molar-refractivity contribution in [1.29, 1.82) is 0 Å². The lowest BCUT2D eigenvalue weighted by Gasteiger charge is -2.18. The Morgan fingerprint density at radius 1 is 1.06 bits per heavy atom. The molecule has 1 aromatic heterocycles. The first kappa shape index (κ1) is 26.1. The highest BCUT2D eigenvalue weighted by Crippen LogP contribution is 2.30. The van der Waals surface area contributed by atoms with Crippen LogP contribution < -0.4 is 14.8 Å². The topological polar surface area (TPSA) is 85.7 Å². The summed E-state index contributed by atoms with van der Waals surface area (Å²) in [7, 11) is 1.59. The molecular weight excluding hydrogens is 468 g/mol. The predicted molar refractivity (Wildman–Crippen MR) is 137 cm³/mol. The summed E-state index contributed by atoms with van der Waals surface area (Å²) in [4.78, 5) is 27.3. The van der Waals surface area contributed by atoms with E-state index in [-0.39, 0.29) is 18.4 Å². The van der Waals surface area contributed by atoms with Crippen molar-refractivity contribution in [3.05, 3.63) is 70.0 Å². The summed E-state index contributed by atoms with van der Waals surface area (Å²) in [5.74, 6) is 0.557. The van der Waals surface area contributed by atoms with E-state index in [0.29, 0.717) is 58.9 Å². The molecule has 0 atom stereocenters. The van der Waals surface area contributed by atoms with Crippen molar-refractivity contribution in [3.63, 3.8) is 0 Å². The van der Waals surface area contributed by atoms with Gasteiger partial charge >= 0.3 is 0 Å². The number of nitrogens with zero attached hydrogens (tertiary/aromatic N) is 3. The second kappa shape index (κ2) is 11.8. The Labute approximate surface area is 210 Å². The van der Waals surface area contributed by atoms with Crippen molar-refractivity contribution in [1.82, 2.24) is 14.7 Å². The van der Waals surface area contributed by atoms with Crippen LogP contribution >= 0.6 is 11.6 Å². The van der Waals surface area contributed by atoms with Crippen molar-refractivity contribution >= 4 is 29.1 Å². The Hall–Kier alpha value is -3.52. The molecule has 9 heteroatoms.